The third-order valence-corrected chi connectivity index (χ3v) is 3.90. The van der Waals surface area contributed by atoms with Crippen LogP contribution in [0, 0.1) is 6.92 Å². The Hall–Kier alpha value is -0.800. The van der Waals surface area contributed by atoms with Crippen LogP contribution in [0.15, 0.2) is 51.4 Å². The minimum absolute atomic E-state index is 0.280. The van der Waals surface area contributed by atoms with Crippen LogP contribution in [-0.2, 0) is 0 Å². The summed E-state index contributed by atoms with van der Waals surface area (Å²) in [5.74, 6) is 0. The van der Waals surface area contributed by atoms with E-state index in [1.807, 2.05) is 6.07 Å². The average Bonchev–Trinajstić information content (AvgIpc) is 2.32. The van der Waals surface area contributed by atoms with E-state index in [2.05, 4.69) is 87.4 Å². The highest BCUT2D eigenvalue weighted by Crippen LogP contribution is 2.25. The van der Waals surface area contributed by atoms with E-state index in [1.165, 1.54) is 16.8 Å². The lowest BCUT2D eigenvalue weighted by atomic mass is 10.1. The fraction of sp³-hybridized carbons (Fsp3) is 0.200. The van der Waals surface area contributed by atoms with Crippen molar-refractivity contribution in [2.75, 3.05) is 5.32 Å². The van der Waals surface area contributed by atoms with Gasteiger partial charge in [-0.25, -0.2) is 0 Å². The summed E-state index contributed by atoms with van der Waals surface area (Å²) < 4.78 is 2.22. The van der Waals surface area contributed by atoms with E-state index in [0.717, 1.165) is 8.95 Å². The molecule has 0 aliphatic heterocycles. The van der Waals surface area contributed by atoms with Crippen LogP contribution in [0.4, 0.5) is 5.69 Å². The molecule has 94 valence electrons. The fourth-order valence-electron chi connectivity index (χ4n) is 1.88. The number of aryl methyl sites for hydroxylation is 1. The molecule has 0 spiro atoms. The van der Waals surface area contributed by atoms with E-state index < -0.39 is 0 Å². The van der Waals surface area contributed by atoms with E-state index in [9.17, 15) is 0 Å². The third-order valence-electron chi connectivity index (χ3n) is 2.91. The predicted molar refractivity (Wildman–Crippen MR) is 85.1 cm³/mol. The quantitative estimate of drug-likeness (QED) is 0.733. The second kappa shape index (κ2) is 5.89. The molecule has 0 amide bonds. The molecule has 2 aromatic rings. The Morgan fingerprint density at radius 1 is 1.00 bits per heavy atom. The van der Waals surface area contributed by atoms with Crippen LogP contribution >= 0.6 is 31.9 Å². The maximum atomic E-state index is 3.54. The van der Waals surface area contributed by atoms with Crippen molar-refractivity contribution in [2.45, 2.75) is 19.9 Å². The van der Waals surface area contributed by atoms with Crippen LogP contribution in [0.3, 0.4) is 0 Å². The van der Waals surface area contributed by atoms with E-state index in [-0.39, 0.29) is 6.04 Å². The Labute approximate surface area is 125 Å². The summed E-state index contributed by atoms with van der Waals surface area (Å²) in [4.78, 5) is 0. The molecular formula is C15H15Br2N. The standard InChI is InChI=1S/C15H15Br2N/c1-10-8-14(17)6-7-15(10)18-11(2)12-4-3-5-13(16)9-12/h3-9,11,18H,1-2H3. The zero-order valence-corrected chi connectivity index (χ0v) is 13.5. The number of nitrogens with one attached hydrogen (secondary N) is 1. The lowest BCUT2D eigenvalue weighted by molar-refractivity contribution is 0.881. The molecule has 1 unspecified atom stereocenters. The van der Waals surface area contributed by atoms with Gasteiger partial charge in [0, 0.05) is 20.7 Å². The third kappa shape index (κ3) is 3.36. The first kappa shape index (κ1) is 13.6. The Bertz CT molecular complexity index is 552. The monoisotopic (exact) mass is 367 g/mol. The highest BCUT2D eigenvalue weighted by Gasteiger charge is 2.07. The Morgan fingerprint density at radius 2 is 1.72 bits per heavy atom. The van der Waals surface area contributed by atoms with Gasteiger partial charge < -0.3 is 5.32 Å². The molecule has 0 aliphatic carbocycles. The van der Waals surface area contributed by atoms with Crippen molar-refractivity contribution in [3.05, 3.63) is 62.5 Å². The van der Waals surface area contributed by atoms with Crippen molar-refractivity contribution in [1.82, 2.24) is 0 Å². The number of halogens is 2. The summed E-state index contributed by atoms with van der Waals surface area (Å²) in [5.41, 5.74) is 3.68. The predicted octanol–water partition coefficient (Wildman–Crippen LogP) is 5.69. The van der Waals surface area contributed by atoms with Crippen molar-refractivity contribution < 1.29 is 0 Å². The number of hydrogen-bond donors (Lipinski definition) is 1. The summed E-state index contributed by atoms with van der Waals surface area (Å²) >= 11 is 6.99. The largest absolute Gasteiger partial charge is 0.378 e. The number of benzene rings is 2. The van der Waals surface area contributed by atoms with Gasteiger partial charge in [0.25, 0.3) is 0 Å². The summed E-state index contributed by atoms with van der Waals surface area (Å²) in [7, 11) is 0. The molecule has 0 saturated carbocycles. The van der Waals surface area contributed by atoms with Crippen molar-refractivity contribution in [3.8, 4) is 0 Å². The van der Waals surface area contributed by atoms with Gasteiger partial charge in [-0.1, -0.05) is 44.0 Å². The second-order valence-corrected chi connectivity index (χ2v) is 6.21. The summed E-state index contributed by atoms with van der Waals surface area (Å²) in [6.07, 6.45) is 0. The SMILES string of the molecule is Cc1cc(Br)ccc1NC(C)c1cccc(Br)c1. The van der Waals surface area contributed by atoms with Gasteiger partial charge in [0.2, 0.25) is 0 Å². The number of rotatable bonds is 3. The van der Waals surface area contributed by atoms with E-state index in [1.54, 1.807) is 0 Å². The van der Waals surface area contributed by atoms with Gasteiger partial charge in [-0.05, 0) is 55.3 Å². The first-order valence-corrected chi connectivity index (χ1v) is 7.43. The molecule has 0 saturated heterocycles. The zero-order chi connectivity index (χ0) is 13.1. The molecule has 1 atom stereocenters. The highest BCUT2D eigenvalue weighted by molar-refractivity contribution is 9.10. The molecule has 0 bridgehead atoms. The van der Waals surface area contributed by atoms with Crippen molar-refractivity contribution in [3.63, 3.8) is 0 Å². The molecule has 2 aromatic carbocycles. The van der Waals surface area contributed by atoms with Gasteiger partial charge in [-0.15, -0.1) is 0 Å². The zero-order valence-electron chi connectivity index (χ0n) is 10.4. The number of anilines is 1. The topological polar surface area (TPSA) is 12.0 Å². The Kier molecular flexibility index (Phi) is 4.46. The smallest absolute Gasteiger partial charge is 0.0486 e. The molecule has 2 rings (SSSR count). The molecule has 0 aromatic heterocycles. The van der Waals surface area contributed by atoms with Crippen LogP contribution < -0.4 is 5.32 Å². The minimum Gasteiger partial charge on any atom is -0.378 e. The van der Waals surface area contributed by atoms with Crippen LogP contribution in [0.2, 0.25) is 0 Å². The normalized spacial score (nSPS) is 12.2. The lowest BCUT2D eigenvalue weighted by Gasteiger charge is -2.18. The van der Waals surface area contributed by atoms with Crippen LogP contribution in [0.25, 0.3) is 0 Å². The van der Waals surface area contributed by atoms with E-state index >= 15 is 0 Å². The molecule has 1 nitrogen and oxygen atoms in total. The van der Waals surface area contributed by atoms with E-state index in [4.69, 9.17) is 0 Å². The molecule has 18 heavy (non-hydrogen) atoms. The summed E-state index contributed by atoms with van der Waals surface area (Å²) in [6.45, 7) is 4.28. The summed E-state index contributed by atoms with van der Waals surface area (Å²) in [5, 5.41) is 3.54. The van der Waals surface area contributed by atoms with Gasteiger partial charge in [0.15, 0.2) is 0 Å². The Balaban J connectivity index is 2.18. The molecule has 3 heteroatoms. The number of hydrogen-bond acceptors (Lipinski definition) is 1. The van der Waals surface area contributed by atoms with Crippen molar-refractivity contribution in [1.29, 1.82) is 0 Å². The maximum absolute atomic E-state index is 3.54. The van der Waals surface area contributed by atoms with Crippen LogP contribution in [-0.4, -0.2) is 0 Å². The van der Waals surface area contributed by atoms with Gasteiger partial charge in [0.1, 0.15) is 0 Å². The lowest BCUT2D eigenvalue weighted by Crippen LogP contribution is -2.07. The van der Waals surface area contributed by atoms with Crippen molar-refractivity contribution >= 4 is 37.5 Å². The van der Waals surface area contributed by atoms with Crippen LogP contribution in [0.1, 0.15) is 24.1 Å². The summed E-state index contributed by atoms with van der Waals surface area (Å²) in [6, 6.07) is 14.9. The van der Waals surface area contributed by atoms with Crippen molar-refractivity contribution in [2.24, 2.45) is 0 Å². The molecule has 0 radical (unpaired) electrons. The Morgan fingerprint density at radius 3 is 2.39 bits per heavy atom. The highest BCUT2D eigenvalue weighted by atomic mass is 79.9. The molecule has 0 aliphatic rings. The van der Waals surface area contributed by atoms with E-state index in [0.29, 0.717) is 0 Å². The second-order valence-electron chi connectivity index (χ2n) is 4.38. The molecule has 0 heterocycles. The average molecular weight is 369 g/mol. The molecular weight excluding hydrogens is 354 g/mol. The van der Waals surface area contributed by atoms with Gasteiger partial charge >= 0.3 is 0 Å². The maximum Gasteiger partial charge on any atom is 0.0486 e. The van der Waals surface area contributed by atoms with Crippen LogP contribution in [0.5, 0.6) is 0 Å². The fourth-order valence-corrected chi connectivity index (χ4v) is 2.77. The first-order chi connectivity index (χ1) is 8.56. The van der Waals surface area contributed by atoms with Gasteiger partial charge in [-0.3, -0.25) is 0 Å². The minimum atomic E-state index is 0.280. The molecule has 0 fully saturated rings. The first-order valence-electron chi connectivity index (χ1n) is 5.84. The van der Waals surface area contributed by atoms with Gasteiger partial charge in [-0.2, -0.15) is 0 Å². The molecule has 1 N–H and O–H groups in total. The van der Waals surface area contributed by atoms with Gasteiger partial charge in [0.05, 0.1) is 0 Å².